The highest BCUT2D eigenvalue weighted by molar-refractivity contribution is 7.14. The van der Waals surface area contributed by atoms with Crippen LogP contribution in [-0.4, -0.2) is 127 Å². The summed E-state index contributed by atoms with van der Waals surface area (Å²) >= 11 is 3.38. The van der Waals surface area contributed by atoms with E-state index in [1.54, 1.807) is 57.3 Å². The Bertz CT molecular complexity index is 3910. The number of isocyanates is 1. The molecular formula is C59H76N24O12S2. The lowest BCUT2D eigenvalue weighted by Gasteiger charge is -1.96. The van der Waals surface area contributed by atoms with Gasteiger partial charge in [0.2, 0.25) is 82.7 Å². The number of carbonyl (C=O) groups excluding carboxylic acids is 1. The maximum Gasteiger partial charge on any atom is 0.253 e. The van der Waals surface area contributed by atoms with E-state index in [0.717, 1.165) is 160 Å². The first-order valence-corrected chi connectivity index (χ1v) is 32.3. The number of unbranched alkanes of at least 4 members (excludes halogenated alkanes) is 5. The monoisotopic (exact) mass is 1380 g/mol. The summed E-state index contributed by atoms with van der Waals surface area (Å²) in [4.78, 5) is 8.35. The van der Waals surface area contributed by atoms with Crippen molar-refractivity contribution in [1.29, 1.82) is 21.6 Å². The van der Waals surface area contributed by atoms with Crippen LogP contribution in [0.3, 0.4) is 0 Å². The van der Waals surface area contributed by atoms with Crippen LogP contribution in [0.5, 0.6) is 0 Å². The van der Waals surface area contributed by atoms with Crippen LogP contribution >= 0.6 is 22.7 Å². The number of hydrogen-bond donors (Lipinski definition) is 4. The van der Waals surface area contributed by atoms with E-state index in [9.17, 15) is 0 Å². The van der Waals surface area contributed by atoms with Crippen LogP contribution in [0.15, 0.2) is 65.7 Å². The molecule has 10 heterocycles. The molecule has 0 amide bonds. The van der Waals surface area contributed by atoms with Gasteiger partial charge in [-0.05, 0) is 64.7 Å². The largest absolute Gasteiger partial charge is 0.474 e. The van der Waals surface area contributed by atoms with Gasteiger partial charge >= 0.3 is 0 Å². The number of ether oxygens (including phenoxy) is 3. The minimum atomic E-state index is 0.124. The average molecular weight is 1380 g/mol. The van der Waals surface area contributed by atoms with Crippen LogP contribution < -0.4 is 0 Å². The molecule has 0 aliphatic heterocycles. The zero-order valence-corrected chi connectivity index (χ0v) is 56.2. The standard InChI is InChI=1S/C15H16N4S2.C12H17N5O3.C11H15N5O3.C10H13N5O3.C10H14N4O2.CHNO/c1-11-16-17-13(20-11)9-5-6-10-14-18-19-15(21-14)12-7-3-2-4-8-12;1-9-14-15-10(19-9)5-3-2-4-6-11-16-17-12(20-11)7-18-8-13;1-8-13-14-9(18-8)4-2-3-5-10-15-16-11(19-10)6-17-7-12;1-7-12-13-8(17-7)3-2-4-9-14-15-10(18-9)5-16-6-11;1-7-11-13-9(15-7)5-3-4-6-10-14-12-8(2)16-10;2-1-3/h2-4,7-8H,5-6,9-10H2,1H3;8,13H,2-7H2,1H3;7,12H,2-6H2,1H3;6,11H,2-5H2,1H3;3-6H2,1-2H3;2H. The van der Waals surface area contributed by atoms with Gasteiger partial charge in [0.15, 0.2) is 39.0 Å². The minimum Gasteiger partial charge on any atom is -0.474 e. The van der Waals surface area contributed by atoms with E-state index in [0.29, 0.717) is 114 Å². The summed E-state index contributed by atoms with van der Waals surface area (Å²) in [5, 5.41) is 108. The number of benzene rings is 1. The van der Waals surface area contributed by atoms with Gasteiger partial charge in [0.05, 0.1) is 0 Å². The van der Waals surface area contributed by atoms with Crippen molar-refractivity contribution in [1.82, 2.24) is 102 Å². The average Bonchev–Trinajstić information content (AvgIpc) is 1.94. The Morgan fingerprint density at radius 3 is 0.928 bits per heavy atom. The van der Waals surface area contributed by atoms with Gasteiger partial charge in [0.1, 0.15) is 20.0 Å². The first kappa shape index (κ1) is 75.3. The first-order valence-electron chi connectivity index (χ1n) is 30.7. The first-order chi connectivity index (χ1) is 47.3. The van der Waals surface area contributed by atoms with E-state index in [2.05, 4.69) is 114 Å². The van der Waals surface area contributed by atoms with Gasteiger partial charge in [-0.3, -0.25) is 16.2 Å². The van der Waals surface area contributed by atoms with E-state index in [1.807, 2.05) is 25.1 Å². The maximum absolute atomic E-state index is 8.35. The van der Waals surface area contributed by atoms with Crippen molar-refractivity contribution in [2.24, 2.45) is 0 Å². The number of aryl methyl sites for hydroxylation is 16. The molecular weight excluding hydrogens is 1300 g/mol. The van der Waals surface area contributed by atoms with Crippen molar-refractivity contribution in [2.45, 2.75) is 190 Å². The highest BCUT2D eigenvalue weighted by Crippen LogP contribution is 2.24. The van der Waals surface area contributed by atoms with Gasteiger partial charge in [0, 0.05) is 104 Å². The summed E-state index contributed by atoms with van der Waals surface area (Å²) in [7, 11) is 0. The van der Waals surface area contributed by atoms with Crippen molar-refractivity contribution in [3.8, 4) is 10.6 Å². The molecule has 0 aliphatic rings. The molecule has 38 heteroatoms. The van der Waals surface area contributed by atoms with Gasteiger partial charge in [-0.2, -0.15) is 0 Å². The summed E-state index contributed by atoms with van der Waals surface area (Å²) in [5.41, 5.74) is 1.14. The van der Waals surface area contributed by atoms with Crippen molar-refractivity contribution in [3.63, 3.8) is 0 Å². The topological polar surface area (TPSA) is 503 Å². The molecule has 0 atom stereocenters. The van der Waals surface area contributed by atoms with Crippen LogP contribution in [0.4, 0.5) is 0 Å². The fourth-order valence-corrected chi connectivity index (χ4v) is 9.78. The lowest BCUT2D eigenvalue weighted by atomic mass is 10.1. The molecule has 11 rings (SSSR count). The third-order valence-electron chi connectivity index (χ3n) is 12.4. The second-order valence-corrected chi connectivity index (χ2v) is 22.7. The SMILES string of the molecule is Cc1nnc(CCCCCc2nnc(COC=N)o2)o1.Cc1nnc(CCCCc2nnc(-c3ccccc3)s2)s1.Cc1nnc(CCCCc2nnc(C)o2)o1.Cc1nnc(CCCCc2nnc(COC=N)o2)o1.Cc1nnc(CCCc2nnc(COC=N)o2)o1.N=C=O. The Hall–Kier alpha value is -10.7. The molecule has 97 heavy (non-hydrogen) atoms. The van der Waals surface area contributed by atoms with E-state index in [4.69, 9.17) is 76.0 Å². The molecule has 0 saturated heterocycles. The Labute approximate surface area is 563 Å². The summed E-state index contributed by atoms with van der Waals surface area (Å²) < 4.78 is 56.6. The molecule has 4 N–H and O–H groups in total. The van der Waals surface area contributed by atoms with Crippen LogP contribution in [0.25, 0.3) is 10.6 Å². The Morgan fingerprint density at radius 1 is 0.340 bits per heavy atom. The van der Waals surface area contributed by atoms with Crippen LogP contribution in [-0.2, 0) is 103 Å². The Balaban J connectivity index is 0.000000190. The van der Waals surface area contributed by atoms with Crippen LogP contribution in [0, 0.1) is 63.2 Å². The predicted octanol–water partition coefficient (Wildman–Crippen LogP) is 9.82. The number of aromatic nitrogens is 20. The van der Waals surface area contributed by atoms with Gasteiger partial charge in [0.25, 0.3) is 17.7 Å². The molecule has 0 spiro atoms. The summed E-state index contributed by atoms with van der Waals surface area (Å²) in [5.74, 6) is 9.17. The molecule has 11 aromatic rings. The molecule has 0 fully saturated rings. The molecule has 0 aliphatic carbocycles. The number of rotatable bonds is 35. The minimum absolute atomic E-state index is 0.124. The van der Waals surface area contributed by atoms with Crippen molar-refractivity contribution in [2.75, 3.05) is 0 Å². The predicted molar refractivity (Wildman–Crippen MR) is 340 cm³/mol. The van der Waals surface area contributed by atoms with E-state index in [1.165, 1.54) is 0 Å². The Morgan fingerprint density at radius 2 is 0.619 bits per heavy atom. The van der Waals surface area contributed by atoms with Crippen LogP contribution in [0.1, 0.15) is 173 Å². The van der Waals surface area contributed by atoms with Gasteiger partial charge in [-0.25, -0.2) is 10.2 Å². The molecule has 0 bridgehead atoms. The number of nitrogens with zero attached hydrogens (tertiary/aromatic N) is 20. The highest BCUT2D eigenvalue weighted by Gasteiger charge is 2.13. The third kappa shape index (κ3) is 30.9. The summed E-state index contributed by atoms with van der Waals surface area (Å²) in [6.45, 7) is 11.3. The second-order valence-electron chi connectivity index (χ2n) is 20.3. The molecule has 0 radical (unpaired) electrons. The number of hydrogen-bond acceptors (Lipinski definition) is 38. The molecule has 1 aromatic carbocycles. The van der Waals surface area contributed by atoms with E-state index >= 15 is 0 Å². The zero-order chi connectivity index (χ0) is 69.1. The normalized spacial score (nSPS) is 10.5. The van der Waals surface area contributed by atoms with Crippen LogP contribution in [0.2, 0.25) is 0 Å². The fourth-order valence-electron chi connectivity index (χ4n) is 8.14. The van der Waals surface area contributed by atoms with E-state index in [-0.39, 0.29) is 19.8 Å². The number of nitrogens with one attached hydrogen (secondary N) is 4. The lowest BCUT2D eigenvalue weighted by Crippen LogP contribution is -1.90. The molecule has 516 valence electrons. The third-order valence-corrected chi connectivity index (χ3v) is 14.4. The van der Waals surface area contributed by atoms with Crippen molar-refractivity contribution in [3.05, 3.63) is 140 Å². The smallest absolute Gasteiger partial charge is 0.253 e. The fraction of sp³-hybridized carbons (Fsp3) is 0.492. The molecule has 10 aromatic heterocycles. The van der Waals surface area contributed by atoms with E-state index < -0.39 is 0 Å². The molecule has 0 saturated carbocycles. The molecule has 36 nitrogen and oxygen atoms in total. The van der Waals surface area contributed by atoms with Gasteiger partial charge in [-0.1, -0.05) is 48.1 Å². The quantitative estimate of drug-likeness (QED) is 0.0124. The van der Waals surface area contributed by atoms with Crippen molar-refractivity contribution >= 4 is 48.0 Å². The van der Waals surface area contributed by atoms with Gasteiger partial charge < -0.3 is 49.5 Å². The molecule has 0 unspecified atom stereocenters. The highest BCUT2D eigenvalue weighted by atomic mass is 32.1. The van der Waals surface area contributed by atoms with Gasteiger partial charge in [-0.15, -0.1) is 113 Å². The lowest BCUT2D eigenvalue weighted by molar-refractivity contribution is 0.256. The summed E-state index contributed by atoms with van der Waals surface area (Å²) in [6.07, 6.45) is 20.9. The second kappa shape index (κ2) is 44.0. The summed E-state index contributed by atoms with van der Waals surface area (Å²) in [6, 6.07) is 10.2. The maximum atomic E-state index is 8.35. The Kier molecular flexibility index (Phi) is 34.2. The van der Waals surface area contributed by atoms with Crippen molar-refractivity contribution < 1.29 is 54.3 Å². The zero-order valence-electron chi connectivity index (χ0n) is 54.5.